The molecule has 1 saturated carbocycles. The molecule has 1 heterocycles. The Morgan fingerprint density at radius 1 is 1.26 bits per heavy atom. The molecule has 2 N–H and O–H groups in total. The molecule has 0 aliphatic heterocycles. The number of nitrogens with two attached hydrogens (primary N) is 1. The SMILES string of the molecule is NC(CCc1cccs1)C1CCC(C(F)(F)F)CC1. The van der Waals surface area contributed by atoms with Crippen molar-refractivity contribution in [3.63, 3.8) is 0 Å². The zero-order valence-electron chi connectivity index (χ0n) is 10.8. The van der Waals surface area contributed by atoms with E-state index in [2.05, 4.69) is 6.07 Å². The van der Waals surface area contributed by atoms with Crippen LogP contribution < -0.4 is 5.73 Å². The molecule has 0 spiro atoms. The van der Waals surface area contributed by atoms with Crippen molar-refractivity contribution in [2.75, 3.05) is 0 Å². The highest BCUT2D eigenvalue weighted by Crippen LogP contribution is 2.40. The summed E-state index contributed by atoms with van der Waals surface area (Å²) in [5.74, 6) is -0.841. The van der Waals surface area contributed by atoms with Crippen LogP contribution in [0.4, 0.5) is 13.2 Å². The first kappa shape index (κ1) is 14.9. The minimum Gasteiger partial charge on any atom is -0.327 e. The molecule has 0 amide bonds. The van der Waals surface area contributed by atoms with Gasteiger partial charge in [-0.15, -0.1) is 11.3 Å². The Balaban J connectivity index is 1.74. The van der Waals surface area contributed by atoms with Crippen molar-refractivity contribution >= 4 is 11.3 Å². The van der Waals surface area contributed by atoms with Crippen molar-refractivity contribution in [3.05, 3.63) is 22.4 Å². The predicted octanol–water partition coefficient (Wildman–Crippen LogP) is 4.38. The molecule has 0 aromatic carbocycles. The summed E-state index contributed by atoms with van der Waals surface area (Å²) < 4.78 is 37.7. The highest BCUT2D eigenvalue weighted by molar-refractivity contribution is 7.09. The second-order valence-electron chi connectivity index (χ2n) is 5.44. The van der Waals surface area contributed by atoms with Crippen LogP contribution in [0.15, 0.2) is 17.5 Å². The van der Waals surface area contributed by atoms with Gasteiger partial charge in [0, 0.05) is 10.9 Å². The lowest BCUT2D eigenvalue weighted by Gasteiger charge is -2.33. The van der Waals surface area contributed by atoms with E-state index in [1.165, 1.54) is 4.88 Å². The monoisotopic (exact) mass is 291 g/mol. The van der Waals surface area contributed by atoms with Gasteiger partial charge in [0.2, 0.25) is 0 Å². The molecule has 0 bridgehead atoms. The fourth-order valence-corrected chi connectivity index (χ4v) is 3.60. The van der Waals surface area contributed by atoms with Gasteiger partial charge in [-0.05, 0) is 55.9 Å². The standard InChI is InChI=1S/C14H20F3NS/c15-14(16,17)11-5-3-10(4-6-11)13(18)8-7-12-2-1-9-19-12/h1-2,9-11,13H,3-8,18H2. The summed E-state index contributed by atoms with van der Waals surface area (Å²) in [5, 5.41) is 2.04. The van der Waals surface area contributed by atoms with Gasteiger partial charge in [-0.3, -0.25) is 0 Å². The molecule has 2 rings (SSSR count). The van der Waals surface area contributed by atoms with Crippen molar-refractivity contribution in [1.82, 2.24) is 0 Å². The molecule has 1 aliphatic rings. The lowest BCUT2D eigenvalue weighted by atomic mass is 9.77. The molecular weight excluding hydrogens is 271 g/mol. The molecule has 0 saturated heterocycles. The highest BCUT2D eigenvalue weighted by Gasteiger charge is 2.42. The zero-order valence-corrected chi connectivity index (χ0v) is 11.6. The quantitative estimate of drug-likeness (QED) is 0.875. The van der Waals surface area contributed by atoms with Crippen LogP contribution >= 0.6 is 11.3 Å². The topological polar surface area (TPSA) is 26.0 Å². The Hall–Kier alpha value is -0.550. The van der Waals surface area contributed by atoms with Crippen LogP contribution in [0.5, 0.6) is 0 Å². The van der Waals surface area contributed by atoms with E-state index in [1.807, 2.05) is 11.4 Å². The minimum absolute atomic E-state index is 0.0382. The van der Waals surface area contributed by atoms with Gasteiger partial charge in [0.15, 0.2) is 0 Å². The molecular formula is C14H20F3NS. The van der Waals surface area contributed by atoms with E-state index in [0.29, 0.717) is 12.8 Å². The second kappa shape index (κ2) is 6.27. The number of alkyl halides is 3. The van der Waals surface area contributed by atoms with Crippen LogP contribution in [-0.4, -0.2) is 12.2 Å². The fraction of sp³-hybridized carbons (Fsp3) is 0.714. The number of hydrogen-bond acceptors (Lipinski definition) is 2. The van der Waals surface area contributed by atoms with Crippen molar-refractivity contribution in [1.29, 1.82) is 0 Å². The van der Waals surface area contributed by atoms with Crippen molar-refractivity contribution in [2.45, 2.75) is 50.7 Å². The summed E-state index contributed by atoms with van der Waals surface area (Å²) in [5.41, 5.74) is 6.14. The third kappa shape index (κ3) is 4.21. The zero-order chi connectivity index (χ0) is 13.9. The molecule has 19 heavy (non-hydrogen) atoms. The van der Waals surface area contributed by atoms with Crippen LogP contribution in [0.1, 0.15) is 37.0 Å². The second-order valence-corrected chi connectivity index (χ2v) is 6.47. The van der Waals surface area contributed by atoms with E-state index < -0.39 is 12.1 Å². The van der Waals surface area contributed by atoms with E-state index in [-0.39, 0.29) is 24.8 Å². The maximum Gasteiger partial charge on any atom is 0.391 e. The van der Waals surface area contributed by atoms with Gasteiger partial charge < -0.3 is 5.73 Å². The summed E-state index contributed by atoms with van der Waals surface area (Å²) in [6.45, 7) is 0. The first-order valence-corrected chi connectivity index (χ1v) is 7.69. The maximum atomic E-state index is 12.6. The normalized spacial score (nSPS) is 26.3. The molecule has 1 unspecified atom stereocenters. The maximum absolute atomic E-state index is 12.6. The highest BCUT2D eigenvalue weighted by atomic mass is 32.1. The van der Waals surface area contributed by atoms with Gasteiger partial charge in [-0.25, -0.2) is 0 Å². The molecule has 0 radical (unpaired) electrons. The van der Waals surface area contributed by atoms with Crippen LogP contribution in [0.25, 0.3) is 0 Å². The van der Waals surface area contributed by atoms with Gasteiger partial charge in [0.05, 0.1) is 5.92 Å². The molecule has 108 valence electrons. The van der Waals surface area contributed by atoms with E-state index >= 15 is 0 Å². The average molecular weight is 291 g/mol. The molecule has 1 aliphatic carbocycles. The van der Waals surface area contributed by atoms with Crippen molar-refractivity contribution in [3.8, 4) is 0 Å². The van der Waals surface area contributed by atoms with E-state index in [9.17, 15) is 13.2 Å². The van der Waals surface area contributed by atoms with E-state index in [1.54, 1.807) is 11.3 Å². The predicted molar refractivity (Wildman–Crippen MR) is 72.1 cm³/mol. The summed E-state index contributed by atoms with van der Waals surface area (Å²) in [7, 11) is 0. The van der Waals surface area contributed by atoms with Gasteiger partial charge in [-0.2, -0.15) is 13.2 Å². The first-order valence-electron chi connectivity index (χ1n) is 6.81. The molecule has 1 aromatic heterocycles. The van der Waals surface area contributed by atoms with Gasteiger partial charge in [0.1, 0.15) is 0 Å². The van der Waals surface area contributed by atoms with Crippen LogP contribution in [0.3, 0.4) is 0 Å². The van der Waals surface area contributed by atoms with Gasteiger partial charge >= 0.3 is 6.18 Å². The molecule has 1 nitrogen and oxygen atoms in total. The molecule has 5 heteroatoms. The molecule has 1 aromatic rings. The number of rotatable bonds is 4. The lowest BCUT2D eigenvalue weighted by molar-refractivity contribution is -0.184. The summed E-state index contributed by atoms with van der Waals surface area (Å²) >= 11 is 1.71. The number of halogens is 3. The summed E-state index contributed by atoms with van der Waals surface area (Å²) in [6, 6.07) is 4.13. The lowest BCUT2D eigenvalue weighted by Crippen LogP contribution is -2.36. The number of aryl methyl sites for hydroxylation is 1. The fourth-order valence-electron chi connectivity index (χ4n) is 2.87. The summed E-state index contributed by atoms with van der Waals surface area (Å²) in [4.78, 5) is 1.31. The Morgan fingerprint density at radius 2 is 1.95 bits per heavy atom. The smallest absolute Gasteiger partial charge is 0.327 e. The van der Waals surface area contributed by atoms with Crippen molar-refractivity contribution in [2.24, 2.45) is 17.6 Å². The molecule has 1 fully saturated rings. The van der Waals surface area contributed by atoms with Gasteiger partial charge in [-0.1, -0.05) is 6.07 Å². The number of hydrogen-bond donors (Lipinski definition) is 1. The largest absolute Gasteiger partial charge is 0.391 e. The Morgan fingerprint density at radius 3 is 2.47 bits per heavy atom. The first-order chi connectivity index (χ1) is 8.97. The van der Waals surface area contributed by atoms with E-state index in [0.717, 1.165) is 12.8 Å². The Kier molecular flexibility index (Phi) is 4.90. The van der Waals surface area contributed by atoms with Crippen LogP contribution in [0.2, 0.25) is 0 Å². The molecule has 1 atom stereocenters. The Labute approximate surface area is 116 Å². The van der Waals surface area contributed by atoms with Crippen LogP contribution in [-0.2, 0) is 6.42 Å². The summed E-state index contributed by atoms with van der Waals surface area (Å²) in [6.07, 6.45) is -0.459. The number of thiophene rings is 1. The van der Waals surface area contributed by atoms with Gasteiger partial charge in [0.25, 0.3) is 0 Å². The third-order valence-corrected chi connectivity index (χ3v) is 5.08. The third-order valence-electron chi connectivity index (χ3n) is 4.14. The van der Waals surface area contributed by atoms with Crippen LogP contribution in [0, 0.1) is 11.8 Å². The van der Waals surface area contributed by atoms with Crippen molar-refractivity contribution < 1.29 is 13.2 Å². The minimum atomic E-state index is -4.02. The average Bonchev–Trinajstić information content (AvgIpc) is 2.88. The Bertz CT molecular complexity index is 367. The van der Waals surface area contributed by atoms with E-state index in [4.69, 9.17) is 5.73 Å².